The van der Waals surface area contributed by atoms with E-state index >= 15 is 0 Å². The monoisotopic (exact) mass is 281 g/mol. The Morgan fingerprint density at radius 2 is 2.53 bits per heavy atom. The van der Waals surface area contributed by atoms with Gasteiger partial charge in [-0.15, -0.1) is 11.3 Å². The third-order valence-corrected chi connectivity index (χ3v) is 4.81. The lowest BCUT2D eigenvalue weighted by molar-refractivity contribution is -0.133. The van der Waals surface area contributed by atoms with Gasteiger partial charge in [-0.25, -0.2) is 4.98 Å². The topological polar surface area (TPSA) is 54.0 Å². The van der Waals surface area contributed by atoms with Crippen molar-refractivity contribution in [2.45, 2.75) is 45.6 Å². The van der Waals surface area contributed by atoms with Crippen LogP contribution < -0.4 is 10.6 Å². The molecule has 1 aliphatic rings. The van der Waals surface area contributed by atoms with E-state index in [1.54, 1.807) is 17.5 Å². The maximum absolute atomic E-state index is 12.6. The number of carbonyl (C=O) groups is 1. The van der Waals surface area contributed by atoms with Gasteiger partial charge in [0, 0.05) is 18.1 Å². The van der Waals surface area contributed by atoms with Gasteiger partial charge in [-0.05, 0) is 32.7 Å². The van der Waals surface area contributed by atoms with Crippen LogP contribution in [0.3, 0.4) is 0 Å². The van der Waals surface area contributed by atoms with E-state index in [-0.39, 0.29) is 17.4 Å². The fourth-order valence-corrected chi connectivity index (χ4v) is 3.47. The fraction of sp³-hybridized carbons (Fsp3) is 0.714. The molecular weight excluding hydrogens is 258 g/mol. The van der Waals surface area contributed by atoms with E-state index in [0.29, 0.717) is 0 Å². The highest BCUT2D eigenvalue weighted by Gasteiger charge is 2.39. The summed E-state index contributed by atoms with van der Waals surface area (Å²) < 4.78 is 0. The second-order valence-electron chi connectivity index (χ2n) is 5.38. The molecule has 1 aromatic rings. The number of nitrogens with zero attached hydrogens (tertiary/aromatic N) is 1. The number of hydrogen-bond acceptors (Lipinski definition) is 4. The van der Waals surface area contributed by atoms with Crippen molar-refractivity contribution in [1.82, 2.24) is 15.6 Å². The Kier molecular flexibility index (Phi) is 4.93. The Hall–Kier alpha value is -0.940. The summed E-state index contributed by atoms with van der Waals surface area (Å²) in [4.78, 5) is 16.9. The van der Waals surface area contributed by atoms with Crippen molar-refractivity contribution in [1.29, 1.82) is 0 Å². The van der Waals surface area contributed by atoms with Crippen molar-refractivity contribution >= 4 is 17.2 Å². The molecule has 1 amide bonds. The molecule has 2 atom stereocenters. The molecular formula is C14H23N3OS. The first-order valence-corrected chi connectivity index (χ1v) is 7.97. The molecule has 0 bridgehead atoms. The lowest BCUT2D eigenvalue weighted by Crippen LogP contribution is -2.50. The zero-order valence-electron chi connectivity index (χ0n) is 11.7. The van der Waals surface area contributed by atoms with E-state index in [2.05, 4.69) is 22.5 Å². The zero-order chi connectivity index (χ0) is 13.7. The van der Waals surface area contributed by atoms with Crippen LogP contribution in [0.5, 0.6) is 0 Å². The summed E-state index contributed by atoms with van der Waals surface area (Å²) in [6.07, 6.45) is 5.85. The summed E-state index contributed by atoms with van der Waals surface area (Å²) in [6.45, 7) is 5.98. The molecule has 1 fully saturated rings. The van der Waals surface area contributed by atoms with Crippen molar-refractivity contribution in [3.05, 3.63) is 16.6 Å². The van der Waals surface area contributed by atoms with Crippen molar-refractivity contribution in [2.75, 3.05) is 13.1 Å². The van der Waals surface area contributed by atoms with Crippen LogP contribution in [0.2, 0.25) is 0 Å². The van der Waals surface area contributed by atoms with Crippen LogP contribution in [0.4, 0.5) is 0 Å². The molecule has 2 rings (SSSR count). The number of carbonyl (C=O) groups excluding carboxylic acids is 1. The number of aromatic nitrogens is 1. The summed E-state index contributed by atoms with van der Waals surface area (Å²) in [5.74, 6) is 0.184. The van der Waals surface area contributed by atoms with Crippen molar-refractivity contribution in [3.8, 4) is 0 Å². The molecule has 2 unspecified atom stereocenters. The molecule has 1 saturated heterocycles. The second kappa shape index (κ2) is 6.48. The Balaban J connectivity index is 2.03. The first kappa shape index (κ1) is 14.5. The summed E-state index contributed by atoms with van der Waals surface area (Å²) >= 11 is 1.59. The number of piperidine rings is 1. The van der Waals surface area contributed by atoms with Crippen LogP contribution in [-0.4, -0.2) is 24.0 Å². The SMILES string of the molecule is CCCC1(C(=O)NC(C)c2nccs2)CCCNC1. The predicted octanol–water partition coefficient (Wildman–Crippen LogP) is 2.49. The molecule has 0 aromatic carbocycles. The summed E-state index contributed by atoms with van der Waals surface area (Å²) in [5, 5.41) is 9.44. The molecule has 0 radical (unpaired) electrons. The maximum atomic E-state index is 12.6. The van der Waals surface area contributed by atoms with Gasteiger partial charge in [0.2, 0.25) is 5.91 Å². The lowest BCUT2D eigenvalue weighted by Gasteiger charge is -2.36. The van der Waals surface area contributed by atoms with Gasteiger partial charge in [0.1, 0.15) is 5.01 Å². The Labute approximate surface area is 119 Å². The van der Waals surface area contributed by atoms with E-state index in [1.165, 1.54) is 0 Å². The van der Waals surface area contributed by atoms with Crippen LogP contribution in [-0.2, 0) is 4.79 Å². The Morgan fingerprint density at radius 3 is 3.11 bits per heavy atom. The molecule has 2 heterocycles. The van der Waals surface area contributed by atoms with Gasteiger partial charge >= 0.3 is 0 Å². The van der Waals surface area contributed by atoms with Gasteiger partial charge in [-0.3, -0.25) is 4.79 Å². The molecule has 1 aromatic heterocycles. The number of thiazole rings is 1. The number of rotatable bonds is 5. The average Bonchev–Trinajstić information content (AvgIpc) is 2.94. The van der Waals surface area contributed by atoms with Crippen LogP contribution in [0.25, 0.3) is 0 Å². The number of amides is 1. The summed E-state index contributed by atoms with van der Waals surface area (Å²) in [6, 6.07) is 0.00292. The molecule has 4 nitrogen and oxygen atoms in total. The van der Waals surface area contributed by atoms with Gasteiger partial charge in [0.05, 0.1) is 11.5 Å². The minimum Gasteiger partial charge on any atom is -0.347 e. The number of nitrogens with one attached hydrogen (secondary N) is 2. The average molecular weight is 281 g/mol. The first-order chi connectivity index (χ1) is 9.18. The van der Waals surface area contributed by atoms with Crippen molar-refractivity contribution in [2.24, 2.45) is 5.41 Å². The minimum absolute atomic E-state index is 0.00292. The Morgan fingerprint density at radius 1 is 1.68 bits per heavy atom. The highest BCUT2D eigenvalue weighted by Crippen LogP contribution is 2.32. The molecule has 0 saturated carbocycles. The second-order valence-corrected chi connectivity index (χ2v) is 6.30. The minimum atomic E-state index is -0.224. The first-order valence-electron chi connectivity index (χ1n) is 7.09. The van der Waals surface area contributed by atoms with Gasteiger partial charge in [-0.1, -0.05) is 13.3 Å². The quantitative estimate of drug-likeness (QED) is 0.872. The van der Waals surface area contributed by atoms with E-state index in [9.17, 15) is 4.79 Å². The van der Waals surface area contributed by atoms with Crippen LogP contribution in [0.1, 0.15) is 50.6 Å². The molecule has 2 N–H and O–H groups in total. The predicted molar refractivity (Wildman–Crippen MR) is 78.1 cm³/mol. The number of hydrogen-bond donors (Lipinski definition) is 2. The summed E-state index contributed by atoms with van der Waals surface area (Å²) in [7, 11) is 0. The van der Waals surface area contributed by atoms with E-state index in [0.717, 1.165) is 43.8 Å². The van der Waals surface area contributed by atoms with Gasteiger partial charge in [0.25, 0.3) is 0 Å². The Bertz CT molecular complexity index is 393. The highest BCUT2D eigenvalue weighted by molar-refractivity contribution is 7.09. The third kappa shape index (κ3) is 3.34. The molecule has 106 valence electrons. The normalized spacial score (nSPS) is 24.9. The summed E-state index contributed by atoms with van der Waals surface area (Å²) in [5.41, 5.74) is -0.224. The van der Waals surface area contributed by atoms with E-state index in [1.807, 2.05) is 12.3 Å². The van der Waals surface area contributed by atoms with Gasteiger partial charge in [-0.2, -0.15) is 0 Å². The lowest BCUT2D eigenvalue weighted by atomic mass is 9.76. The van der Waals surface area contributed by atoms with E-state index < -0.39 is 0 Å². The third-order valence-electron chi connectivity index (χ3n) is 3.85. The fourth-order valence-electron chi connectivity index (χ4n) is 2.83. The standard InChI is InChI=1S/C14H23N3OS/c1-3-5-14(6-4-7-15-10-14)13(18)17-11(2)12-16-8-9-19-12/h8-9,11,15H,3-7,10H2,1-2H3,(H,17,18). The molecule has 1 aliphatic heterocycles. The van der Waals surface area contributed by atoms with Gasteiger partial charge in [0.15, 0.2) is 0 Å². The van der Waals surface area contributed by atoms with Crippen LogP contribution >= 0.6 is 11.3 Å². The molecule has 19 heavy (non-hydrogen) atoms. The zero-order valence-corrected chi connectivity index (χ0v) is 12.6. The molecule has 5 heteroatoms. The smallest absolute Gasteiger partial charge is 0.228 e. The highest BCUT2D eigenvalue weighted by atomic mass is 32.1. The van der Waals surface area contributed by atoms with Gasteiger partial charge < -0.3 is 10.6 Å². The molecule has 0 spiro atoms. The van der Waals surface area contributed by atoms with Crippen LogP contribution in [0.15, 0.2) is 11.6 Å². The largest absolute Gasteiger partial charge is 0.347 e. The van der Waals surface area contributed by atoms with Crippen molar-refractivity contribution < 1.29 is 4.79 Å². The van der Waals surface area contributed by atoms with E-state index in [4.69, 9.17) is 0 Å². The molecule has 0 aliphatic carbocycles. The maximum Gasteiger partial charge on any atom is 0.228 e. The van der Waals surface area contributed by atoms with Crippen LogP contribution in [0, 0.1) is 5.41 Å². The van der Waals surface area contributed by atoms with Crippen molar-refractivity contribution in [3.63, 3.8) is 0 Å².